The number of benzene rings is 2. The van der Waals surface area contributed by atoms with E-state index < -0.39 is 0 Å². The van der Waals surface area contributed by atoms with E-state index in [0.29, 0.717) is 13.2 Å². The molecule has 0 saturated carbocycles. The molecule has 0 amide bonds. The Kier molecular flexibility index (Phi) is 7.80. The van der Waals surface area contributed by atoms with Crippen LogP contribution >= 0.6 is 0 Å². The van der Waals surface area contributed by atoms with Crippen molar-refractivity contribution < 1.29 is 4.74 Å². The summed E-state index contributed by atoms with van der Waals surface area (Å²) in [6, 6.07) is 22.9. The maximum Gasteiger partial charge on any atom is 0.191 e. The molecule has 1 aliphatic heterocycles. The first-order chi connectivity index (χ1) is 16.2. The largest absolute Gasteiger partial charge is 0.487 e. The van der Waals surface area contributed by atoms with Crippen molar-refractivity contribution in [2.45, 2.75) is 39.0 Å². The molecule has 1 aromatic heterocycles. The molecule has 1 saturated heterocycles. The third kappa shape index (κ3) is 6.48. The van der Waals surface area contributed by atoms with Crippen LogP contribution in [0.15, 0.2) is 77.9 Å². The van der Waals surface area contributed by atoms with Gasteiger partial charge in [-0.1, -0.05) is 30.3 Å². The molecule has 0 aliphatic carbocycles. The fourth-order valence-electron chi connectivity index (χ4n) is 4.02. The van der Waals surface area contributed by atoms with Crippen molar-refractivity contribution >= 4 is 11.6 Å². The Bertz CT molecular complexity index is 1050. The van der Waals surface area contributed by atoms with E-state index in [1.807, 2.05) is 36.4 Å². The summed E-state index contributed by atoms with van der Waals surface area (Å²) in [7, 11) is 1.80. The van der Waals surface area contributed by atoms with Gasteiger partial charge in [0.05, 0.1) is 11.7 Å². The van der Waals surface area contributed by atoms with Gasteiger partial charge in [0.1, 0.15) is 12.4 Å². The molecule has 1 atom stereocenters. The zero-order valence-corrected chi connectivity index (χ0v) is 19.5. The fraction of sp³-hybridized carbons (Fsp3) is 0.333. The number of nitrogens with one attached hydrogen (secondary N) is 2. The standard InChI is InChI=1S/C27H33N5O/c1-21(23-10-8-12-25(18-23)32-15-5-6-16-32)31-27(28-2)30-19-22-9-7-13-26(17-22)33-20-24-11-3-4-14-29-24/h3-4,7-14,17-18,21H,5-6,15-16,19-20H2,1-2H3,(H2,28,30,31). The molecule has 6 heteroatoms. The van der Waals surface area contributed by atoms with Crippen LogP contribution in [0.5, 0.6) is 5.75 Å². The van der Waals surface area contributed by atoms with Crippen LogP contribution in [0.4, 0.5) is 5.69 Å². The van der Waals surface area contributed by atoms with Gasteiger partial charge in [0.2, 0.25) is 0 Å². The highest BCUT2D eigenvalue weighted by Crippen LogP contribution is 2.24. The number of guanidine groups is 1. The second-order valence-electron chi connectivity index (χ2n) is 8.34. The van der Waals surface area contributed by atoms with E-state index in [0.717, 1.165) is 36.1 Å². The predicted molar refractivity (Wildman–Crippen MR) is 135 cm³/mol. The third-order valence-electron chi connectivity index (χ3n) is 5.89. The van der Waals surface area contributed by atoms with Crippen LogP contribution < -0.4 is 20.3 Å². The molecule has 2 heterocycles. The van der Waals surface area contributed by atoms with Crippen LogP contribution in [0.3, 0.4) is 0 Å². The SMILES string of the molecule is CN=C(NCc1cccc(OCc2ccccn2)c1)NC(C)c1cccc(N2CCCC2)c1. The normalized spacial score (nSPS) is 14.7. The second-order valence-corrected chi connectivity index (χ2v) is 8.34. The predicted octanol–water partition coefficient (Wildman–Crippen LogP) is 4.69. The van der Waals surface area contributed by atoms with Crippen LogP contribution in [0, 0.1) is 0 Å². The van der Waals surface area contributed by atoms with Gasteiger partial charge in [-0.05, 0) is 67.3 Å². The summed E-state index contributed by atoms with van der Waals surface area (Å²) in [6.45, 7) is 5.58. The Morgan fingerprint density at radius 2 is 1.91 bits per heavy atom. The number of hydrogen-bond donors (Lipinski definition) is 2. The molecule has 6 nitrogen and oxygen atoms in total. The molecular weight excluding hydrogens is 410 g/mol. The summed E-state index contributed by atoms with van der Waals surface area (Å²) >= 11 is 0. The van der Waals surface area contributed by atoms with Crippen molar-refractivity contribution in [2.75, 3.05) is 25.0 Å². The maximum atomic E-state index is 5.90. The highest BCUT2D eigenvalue weighted by Gasteiger charge is 2.14. The van der Waals surface area contributed by atoms with Crippen molar-refractivity contribution in [3.63, 3.8) is 0 Å². The summed E-state index contributed by atoms with van der Waals surface area (Å²) in [6.07, 6.45) is 4.34. The Morgan fingerprint density at radius 3 is 2.70 bits per heavy atom. The van der Waals surface area contributed by atoms with E-state index >= 15 is 0 Å². The average molecular weight is 444 g/mol. The second kappa shape index (κ2) is 11.4. The number of ether oxygens (including phenoxy) is 1. The smallest absolute Gasteiger partial charge is 0.191 e. The maximum absolute atomic E-state index is 5.90. The summed E-state index contributed by atoms with van der Waals surface area (Å²) in [5, 5.41) is 6.93. The highest BCUT2D eigenvalue weighted by atomic mass is 16.5. The lowest BCUT2D eigenvalue weighted by Crippen LogP contribution is -2.38. The molecule has 33 heavy (non-hydrogen) atoms. The summed E-state index contributed by atoms with van der Waals surface area (Å²) < 4.78 is 5.90. The van der Waals surface area contributed by atoms with E-state index in [4.69, 9.17) is 4.74 Å². The van der Waals surface area contributed by atoms with Crippen LogP contribution in [0.2, 0.25) is 0 Å². The van der Waals surface area contributed by atoms with Gasteiger partial charge in [0.15, 0.2) is 5.96 Å². The van der Waals surface area contributed by atoms with Gasteiger partial charge in [-0.2, -0.15) is 0 Å². The molecule has 0 bridgehead atoms. The summed E-state index contributed by atoms with van der Waals surface area (Å²) in [4.78, 5) is 11.2. The zero-order chi connectivity index (χ0) is 22.9. The number of pyridine rings is 1. The first-order valence-electron chi connectivity index (χ1n) is 11.6. The first kappa shape index (κ1) is 22.6. The molecule has 1 aliphatic rings. The molecule has 172 valence electrons. The number of aliphatic imine (C=N–C) groups is 1. The van der Waals surface area contributed by atoms with Crippen LogP contribution in [0.1, 0.15) is 42.6 Å². The Balaban J connectivity index is 1.31. The van der Waals surface area contributed by atoms with E-state index in [9.17, 15) is 0 Å². The van der Waals surface area contributed by atoms with E-state index in [1.165, 1.54) is 24.1 Å². The van der Waals surface area contributed by atoms with Gasteiger partial charge >= 0.3 is 0 Å². The molecule has 0 spiro atoms. The van der Waals surface area contributed by atoms with E-state index in [2.05, 4.69) is 62.8 Å². The summed E-state index contributed by atoms with van der Waals surface area (Å²) in [5.41, 5.74) is 4.60. The minimum absolute atomic E-state index is 0.145. The van der Waals surface area contributed by atoms with Crippen molar-refractivity contribution in [1.82, 2.24) is 15.6 Å². The molecule has 4 rings (SSSR count). The zero-order valence-electron chi connectivity index (χ0n) is 19.5. The fourth-order valence-corrected chi connectivity index (χ4v) is 4.02. The van der Waals surface area contributed by atoms with Gasteiger partial charge in [-0.15, -0.1) is 0 Å². The van der Waals surface area contributed by atoms with Crippen molar-refractivity contribution in [1.29, 1.82) is 0 Å². The lowest BCUT2D eigenvalue weighted by molar-refractivity contribution is 0.301. The molecular formula is C27H33N5O. The Labute approximate surface area is 196 Å². The van der Waals surface area contributed by atoms with Crippen LogP contribution in [-0.4, -0.2) is 31.1 Å². The Morgan fingerprint density at radius 1 is 1.06 bits per heavy atom. The van der Waals surface area contributed by atoms with Crippen LogP contribution in [0.25, 0.3) is 0 Å². The van der Waals surface area contributed by atoms with Gasteiger partial charge in [0.25, 0.3) is 0 Å². The number of nitrogens with zero attached hydrogens (tertiary/aromatic N) is 3. The van der Waals surface area contributed by atoms with E-state index in [1.54, 1.807) is 13.2 Å². The van der Waals surface area contributed by atoms with Crippen LogP contribution in [-0.2, 0) is 13.2 Å². The monoisotopic (exact) mass is 443 g/mol. The average Bonchev–Trinajstić information content (AvgIpc) is 3.41. The quantitative estimate of drug-likeness (QED) is 0.391. The highest BCUT2D eigenvalue weighted by molar-refractivity contribution is 5.80. The number of anilines is 1. The minimum atomic E-state index is 0.145. The van der Waals surface area contributed by atoms with Gasteiger partial charge < -0.3 is 20.3 Å². The van der Waals surface area contributed by atoms with Crippen molar-refractivity contribution in [2.24, 2.45) is 4.99 Å². The lowest BCUT2D eigenvalue weighted by Gasteiger charge is -2.22. The van der Waals surface area contributed by atoms with Crippen molar-refractivity contribution in [3.8, 4) is 5.75 Å². The minimum Gasteiger partial charge on any atom is -0.487 e. The number of aromatic nitrogens is 1. The summed E-state index contributed by atoms with van der Waals surface area (Å²) in [5.74, 6) is 1.60. The van der Waals surface area contributed by atoms with E-state index in [-0.39, 0.29) is 6.04 Å². The topological polar surface area (TPSA) is 61.8 Å². The molecule has 1 fully saturated rings. The molecule has 2 aromatic carbocycles. The third-order valence-corrected chi connectivity index (χ3v) is 5.89. The number of rotatable bonds is 8. The molecule has 3 aromatic rings. The molecule has 0 radical (unpaired) electrons. The van der Waals surface area contributed by atoms with Gasteiger partial charge in [-0.25, -0.2) is 0 Å². The molecule has 2 N–H and O–H groups in total. The number of hydrogen-bond acceptors (Lipinski definition) is 4. The first-order valence-corrected chi connectivity index (χ1v) is 11.6. The molecule has 1 unspecified atom stereocenters. The lowest BCUT2D eigenvalue weighted by atomic mass is 10.1. The van der Waals surface area contributed by atoms with Gasteiger partial charge in [-0.3, -0.25) is 9.98 Å². The Hall–Kier alpha value is -3.54. The van der Waals surface area contributed by atoms with Crippen molar-refractivity contribution in [3.05, 3.63) is 89.7 Å². The van der Waals surface area contributed by atoms with Gasteiger partial charge in [0, 0.05) is 38.6 Å².